The molecule has 0 aliphatic heterocycles. The van der Waals surface area contributed by atoms with Crippen LogP contribution in [0.3, 0.4) is 0 Å². The molecule has 3 N–H and O–H groups in total. The third-order valence-corrected chi connectivity index (χ3v) is 6.03. The van der Waals surface area contributed by atoms with E-state index in [1.165, 1.54) is 12.1 Å². The number of carboxylic acids is 1. The predicted molar refractivity (Wildman–Crippen MR) is 121 cm³/mol. The number of aromatic hydroxyl groups is 1. The quantitative estimate of drug-likeness (QED) is 0.457. The molecule has 0 heterocycles. The third-order valence-electron chi connectivity index (χ3n) is 5.45. The number of hydrogen-bond donors (Lipinski definition) is 3. The zero-order valence-electron chi connectivity index (χ0n) is 16.7. The van der Waals surface area contributed by atoms with E-state index in [9.17, 15) is 19.8 Å². The van der Waals surface area contributed by atoms with Gasteiger partial charge in [-0.1, -0.05) is 71.7 Å². The molecule has 0 fully saturated rings. The molecule has 32 heavy (non-hydrogen) atoms. The number of rotatable bonds is 6. The van der Waals surface area contributed by atoms with Crippen molar-refractivity contribution in [2.75, 3.05) is 6.61 Å². The second kappa shape index (κ2) is 9.10. The van der Waals surface area contributed by atoms with Crippen LogP contribution in [0.4, 0.5) is 4.79 Å². The number of alkyl carbamates (subject to hydrolysis) is 1. The van der Waals surface area contributed by atoms with Crippen LogP contribution in [0.1, 0.15) is 22.6 Å². The van der Waals surface area contributed by atoms with Crippen molar-refractivity contribution in [3.05, 3.63) is 87.4 Å². The number of ether oxygens (including phenoxy) is 1. The smallest absolute Gasteiger partial charge is 0.407 e. The molecular weight excluding hydrogens is 453 g/mol. The summed E-state index contributed by atoms with van der Waals surface area (Å²) in [6, 6.07) is 17.4. The number of carbonyl (C=O) groups excluding carboxylic acids is 1. The van der Waals surface area contributed by atoms with E-state index < -0.39 is 18.1 Å². The molecule has 164 valence electrons. The molecule has 4 rings (SSSR count). The maximum Gasteiger partial charge on any atom is 0.407 e. The second-order valence-corrected chi connectivity index (χ2v) is 8.29. The Hall–Kier alpha value is -3.22. The number of amides is 1. The van der Waals surface area contributed by atoms with Crippen molar-refractivity contribution < 1.29 is 24.5 Å². The molecule has 0 bridgehead atoms. The summed E-state index contributed by atoms with van der Waals surface area (Å²) in [5.41, 5.74) is 4.77. The van der Waals surface area contributed by atoms with Crippen LogP contribution in [0.25, 0.3) is 11.1 Å². The Labute approximate surface area is 194 Å². The van der Waals surface area contributed by atoms with E-state index >= 15 is 0 Å². The van der Waals surface area contributed by atoms with Crippen molar-refractivity contribution in [2.45, 2.75) is 18.4 Å². The normalized spacial score (nSPS) is 13.2. The zero-order valence-corrected chi connectivity index (χ0v) is 18.2. The Morgan fingerprint density at radius 1 is 0.969 bits per heavy atom. The van der Waals surface area contributed by atoms with Gasteiger partial charge in [0.1, 0.15) is 12.6 Å². The molecule has 8 heteroatoms. The fraction of sp³-hybridized carbons (Fsp3) is 0.167. The predicted octanol–water partition coefficient (Wildman–Crippen LogP) is 5.23. The lowest BCUT2D eigenvalue weighted by atomic mass is 9.98. The van der Waals surface area contributed by atoms with Gasteiger partial charge in [-0.2, -0.15) is 0 Å². The Morgan fingerprint density at radius 2 is 1.50 bits per heavy atom. The largest absolute Gasteiger partial charge is 0.505 e. The van der Waals surface area contributed by atoms with E-state index in [0.717, 1.165) is 22.3 Å². The molecule has 0 radical (unpaired) electrons. The fourth-order valence-electron chi connectivity index (χ4n) is 3.95. The molecule has 1 aliphatic rings. The number of aliphatic carboxylic acids is 1. The first-order valence-corrected chi connectivity index (χ1v) is 10.6. The highest BCUT2D eigenvalue weighted by Crippen LogP contribution is 2.44. The number of halogens is 2. The summed E-state index contributed by atoms with van der Waals surface area (Å²) in [7, 11) is 0. The number of phenols is 1. The molecular formula is C24H19Cl2NO5. The minimum absolute atomic E-state index is 0.00206. The van der Waals surface area contributed by atoms with Crippen molar-refractivity contribution in [1.82, 2.24) is 5.32 Å². The van der Waals surface area contributed by atoms with Crippen molar-refractivity contribution >= 4 is 35.3 Å². The molecule has 1 amide bonds. The van der Waals surface area contributed by atoms with Crippen LogP contribution in [-0.2, 0) is 16.0 Å². The van der Waals surface area contributed by atoms with Crippen molar-refractivity contribution in [2.24, 2.45) is 0 Å². The fourth-order valence-corrected chi connectivity index (χ4v) is 4.49. The maximum absolute atomic E-state index is 12.4. The van der Waals surface area contributed by atoms with Crippen LogP contribution in [0.5, 0.6) is 5.75 Å². The number of carbonyl (C=O) groups is 2. The van der Waals surface area contributed by atoms with Crippen molar-refractivity contribution in [3.63, 3.8) is 0 Å². The Morgan fingerprint density at radius 3 is 2.03 bits per heavy atom. The summed E-state index contributed by atoms with van der Waals surface area (Å²) in [4.78, 5) is 24.1. The zero-order chi connectivity index (χ0) is 22.8. The van der Waals surface area contributed by atoms with Gasteiger partial charge in [0.05, 0.1) is 10.0 Å². The summed E-state index contributed by atoms with van der Waals surface area (Å²) in [5, 5.41) is 21.6. The van der Waals surface area contributed by atoms with Gasteiger partial charge < -0.3 is 20.3 Å². The molecule has 0 aromatic heterocycles. The molecule has 6 nitrogen and oxygen atoms in total. The highest BCUT2D eigenvalue weighted by atomic mass is 35.5. The van der Waals surface area contributed by atoms with Crippen LogP contribution in [-0.4, -0.2) is 34.9 Å². The average Bonchev–Trinajstić information content (AvgIpc) is 3.09. The molecule has 0 saturated carbocycles. The van der Waals surface area contributed by atoms with Crippen molar-refractivity contribution in [1.29, 1.82) is 0 Å². The average molecular weight is 472 g/mol. The van der Waals surface area contributed by atoms with E-state index in [2.05, 4.69) is 5.32 Å². The van der Waals surface area contributed by atoms with Gasteiger partial charge in [0.15, 0.2) is 5.75 Å². The Balaban J connectivity index is 1.44. The van der Waals surface area contributed by atoms with Gasteiger partial charge in [-0.3, -0.25) is 0 Å². The van der Waals surface area contributed by atoms with Gasteiger partial charge in [0.25, 0.3) is 0 Å². The first kappa shape index (κ1) is 22.0. The standard InChI is InChI=1S/C24H19Cl2NO5/c25-19-9-13(10-20(26)22(19)28)11-21(23(29)30)27-24(31)32-12-18-16-7-3-1-5-14(16)15-6-2-4-8-17(15)18/h1-10,18,21,28H,11-12H2,(H,27,31)(H,29,30). The van der Waals surface area contributed by atoms with Crippen LogP contribution in [0, 0.1) is 0 Å². The summed E-state index contributed by atoms with van der Waals surface area (Å²) in [6.07, 6.45) is -0.922. The molecule has 3 aromatic carbocycles. The number of fused-ring (bicyclic) bond motifs is 3. The van der Waals surface area contributed by atoms with Crippen LogP contribution in [0.2, 0.25) is 10.0 Å². The molecule has 1 atom stereocenters. The van der Waals surface area contributed by atoms with Gasteiger partial charge in [0, 0.05) is 12.3 Å². The molecule has 0 spiro atoms. The number of benzene rings is 3. The van der Waals surface area contributed by atoms with Gasteiger partial charge in [-0.15, -0.1) is 0 Å². The minimum Gasteiger partial charge on any atom is -0.505 e. The van der Waals surface area contributed by atoms with Crippen LogP contribution < -0.4 is 5.32 Å². The first-order valence-electron chi connectivity index (χ1n) is 9.86. The van der Waals surface area contributed by atoms with Gasteiger partial charge in [-0.25, -0.2) is 9.59 Å². The summed E-state index contributed by atoms with van der Waals surface area (Å²) >= 11 is 11.8. The van der Waals surface area contributed by atoms with E-state index in [1.54, 1.807) is 0 Å². The van der Waals surface area contributed by atoms with Crippen molar-refractivity contribution in [3.8, 4) is 16.9 Å². The number of nitrogens with one attached hydrogen (secondary N) is 1. The number of carboxylic acid groups (broad SMARTS) is 1. The van der Waals surface area contributed by atoms with Gasteiger partial charge in [-0.05, 0) is 39.9 Å². The molecule has 0 saturated heterocycles. The third kappa shape index (κ3) is 4.38. The molecule has 3 aromatic rings. The monoisotopic (exact) mass is 471 g/mol. The highest BCUT2D eigenvalue weighted by molar-refractivity contribution is 6.37. The molecule has 1 aliphatic carbocycles. The Kier molecular flexibility index (Phi) is 6.26. The molecule has 1 unspecified atom stereocenters. The highest BCUT2D eigenvalue weighted by Gasteiger charge is 2.30. The number of hydrogen-bond acceptors (Lipinski definition) is 4. The lowest BCUT2D eigenvalue weighted by Crippen LogP contribution is -2.42. The van der Waals surface area contributed by atoms with E-state index in [1.807, 2.05) is 48.5 Å². The summed E-state index contributed by atoms with van der Waals surface area (Å²) in [5.74, 6) is -1.65. The Bertz CT molecular complexity index is 1130. The second-order valence-electron chi connectivity index (χ2n) is 7.47. The van der Waals surface area contributed by atoms with Gasteiger partial charge >= 0.3 is 12.1 Å². The lowest BCUT2D eigenvalue weighted by Gasteiger charge is -2.18. The topological polar surface area (TPSA) is 95.9 Å². The van der Waals surface area contributed by atoms with Gasteiger partial charge in [0.2, 0.25) is 0 Å². The van der Waals surface area contributed by atoms with Crippen LogP contribution >= 0.6 is 23.2 Å². The van der Waals surface area contributed by atoms with E-state index in [4.69, 9.17) is 27.9 Å². The summed E-state index contributed by atoms with van der Waals surface area (Å²) < 4.78 is 5.42. The lowest BCUT2D eigenvalue weighted by molar-refractivity contribution is -0.139. The number of phenolic OH excluding ortho intramolecular Hbond substituents is 1. The minimum atomic E-state index is -1.26. The van der Waals surface area contributed by atoms with E-state index in [0.29, 0.717) is 5.56 Å². The summed E-state index contributed by atoms with van der Waals surface area (Å²) in [6.45, 7) is 0.0725. The van der Waals surface area contributed by atoms with Crippen LogP contribution in [0.15, 0.2) is 60.7 Å². The maximum atomic E-state index is 12.4. The SMILES string of the molecule is O=C(NC(Cc1cc(Cl)c(O)c(Cl)c1)C(=O)O)OCC1c2ccccc2-c2ccccc21. The van der Waals surface area contributed by atoms with E-state index in [-0.39, 0.29) is 34.7 Å². The first-order chi connectivity index (χ1) is 15.3.